The Morgan fingerprint density at radius 1 is 0.941 bits per heavy atom. The second-order valence-electron chi connectivity index (χ2n) is 7.62. The molecule has 0 bridgehead atoms. The number of thioether (sulfide) groups is 1. The van der Waals surface area contributed by atoms with Crippen molar-refractivity contribution in [1.29, 1.82) is 0 Å². The topological polar surface area (TPSA) is 121 Å². The van der Waals surface area contributed by atoms with Gasteiger partial charge in [0.05, 0.1) is 23.5 Å². The molecule has 2 amide bonds. The lowest BCUT2D eigenvalue weighted by molar-refractivity contribution is -0.119. The van der Waals surface area contributed by atoms with E-state index in [0.29, 0.717) is 16.7 Å². The number of anilines is 1. The highest BCUT2D eigenvalue weighted by atomic mass is 32.2. The summed E-state index contributed by atoms with van der Waals surface area (Å²) in [6.07, 6.45) is 0. The van der Waals surface area contributed by atoms with Crippen molar-refractivity contribution in [3.63, 3.8) is 0 Å². The standard InChI is InChI=1S/C24H20N2O6S2/c27-22-21(33-24(30)25-22)18-11-9-16(10-12-18)14-26(20-8-4-7-19(13-20)23(28)29)34(31,32)15-17-5-2-1-3-6-17/h1-13,21H,14-15H2,(H,28,29)(H,25,27,30). The monoisotopic (exact) mass is 496 g/mol. The van der Waals surface area contributed by atoms with Crippen molar-refractivity contribution in [3.05, 3.63) is 101 Å². The average molecular weight is 497 g/mol. The second kappa shape index (κ2) is 9.70. The molecule has 1 aliphatic heterocycles. The number of nitrogens with zero attached hydrogens (tertiary/aromatic N) is 1. The zero-order valence-electron chi connectivity index (χ0n) is 17.7. The van der Waals surface area contributed by atoms with Gasteiger partial charge in [0.2, 0.25) is 15.9 Å². The Balaban J connectivity index is 1.66. The fraction of sp³-hybridized carbons (Fsp3) is 0.125. The molecule has 8 nitrogen and oxygen atoms in total. The Kier molecular flexibility index (Phi) is 6.71. The summed E-state index contributed by atoms with van der Waals surface area (Å²) in [4.78, 5) is 34.9. The molecule has 174 valence electrons. The van der Waals surface area contributed by atoms with Crippen molar-refractivity contribution in [2.45, 2.75) is 17.5 Å². The lowest BCUT2D eigenvalue weighted by Crippen LogP contribution is -2.32. The molecular formula is C24H20N2O6S2. The van der Waals surface area contributed by atoms with Crippen LogP contribution in [-0.4, -0.2) is 30.6 Å². The first-order valence-corrected chi connectivity index (χ1v) is 12.7. The number of imide groups is 1. The van der Waals surface area contributed by atoms with Crippen molar-refractivity contribution in [3.8, 4) is 0 Å². The molecule has 0 aromatic heterocycles. The molecule has 3 aromatic carbocycles. The number of aromatic carboxylic acids is 1. The van der Waals surface area contributed by atoms with Crippen LogP contribution in [0.15, 0.2) is 78.9 Å². The van der Waals surface area contributed by atoms with E-state index in [-0.39, 0.29) is 29.5 Å². The van der Waals surface area contributed by atoms with Gasteiger partial charge in [-0.15, -0.1) is 0 Å². The molecule has 0 radical (unpaired) electrons. The van der Waals surface area contributed by atoms with Crippen molar-refractivity contribution < 1.29 is 27.9 Å². The molecule has 1 unspecified atom stereocenters. The van der Waals surface area contributed by atoms with E-state index in [9.17, 15) is 27.9 Å². The molecule has 4 rings (SSSR count). The van der Waals surface area contributed by atoms with E-state index in [2.05, 4.69) is 5.32 Å². The highest BCUT2D eigenvalue weighted by Gasteiger charge is 2.33. The lowest BCUT2D eigenvalue weighted by Gasteiger charge is -2.25. The van der Waals surface area contributed by atoms with E-state index in [1.165, 1.54) is 22.5 Å². The van der Waals surface area contributed by atoms with Crippen LogP contribution in [0.2, 0.25) is 0 Å². The zero-order valence-corrected chi connectivity index (χ0v) is 19.4. The molecule has 1 saturated heterocycles. The van der Waals surface area contributed by atoms with Crippen LogP contribution < -0.4 is 9.62 Å². The summed E-state index contributed by atoms with van der Waals surface area (Å²) in [5.74, 6) is -1.81. The molecule has 1 aliphatic rings. The van der Waals surface area contributed by atoms with Gasteiger partial charge >= 0.3 is 5.97 Å². The summed E-state index contributed by atoms with van der Waals surface area (Å²) in [6.45, 7) is -0.0402. The van der Waals surface area contributed by atoms with Gasteiger partial charge in [0.25, 0.3) is 5.24 Å². The summed E-state index contributed by atoms with van der Waals surface area (Å²) < 4.78 is 28.0. The highest BCUT2D eigenvalue weighted by Crippen LogP contribution is 2.34. The third-order valence-electron chi connectivity index (χ3n) is 5.21. The van der Waals surface area contributed by atoms with Gasteiger partial charge in [-0.1, -0.05) is 60.7 Å². The fourth-order valence-electron chi connectivity index (χ4n) is 3.55. The molecule has 10 heteroatoms. The number of carboxylic acid groups (broad SMARTS) is 1. The van der Waals surface area contributed by atoms with Crippen LogP contribution in [-0.2, 0) is 27.1 Å². The Morgan fingerprint density at radius 2 is 1.65 bits per heavy atom. The van der Waals surface area contributed by atoms with E-state index in [1.54, 1.807) is 60.7 Å². The summed E-state index contributed by atoms with van der Waals surface area (Å²) >= 11 is 0.892. The van der Waals surface area contributed by atoms with E-state index in [1.807, 2.05) is 0 Å². The number of rotatable bonds is 8. The van der Waals surface area contributed by atoms with Gasteiger partial charge in [-0.3, -0.25) is 19.2 Å². The predicted molar refractivity (Wildman–Crippen MR) is 129 cm³/mol. The van der Waals surface area contributed by atoms with Gasteiger partial charge in [0.1, 0.15) is 5.25 Å². The van der Waals surface area contributed by atoms with Gasteiger partial charge in [0.15, 0.2) is 0 Å². The lowest BCUT2D eigenvalue weighted by atomic mass is 10.1. The third kappa shape index (κ3) is 5.29. The molecule has 1 atom stereocenters. The van der Waals surface area contributed by atoms with Crippen LogP contribution >= 0.6 is 11.8 Å². The number of carboxylic acids is 1. The minimum atomic E-state index is -3.88. The van der Waals surface area contributed by atoms with Crippen LogP contribution in [0.1, 0.15) is 32.3 Å². The minimum absolute atomic E-state index is 0.0262. The van der Waals surface area contributed by atoms with Gasteiger partial charge in [0, 0.05) is 0 Å². The molecular weight excluding hydrogens is 476 g/mol. The van der Waals surface area contributed by atoms with Gasteiger partial charge in [-0.25, -0.2) is 13.2 Å². The quantitative estimate of drug-likeness (QED) is 0.484. The maximum absolute atomic E-state index is 13.4. The average Bonchev–Trinajstić information content (AvgIpc) is 3.16. The van der Waals surface area contributed by atoms with Gasteiger partial charge in [-0.2, -0.15) is 0 Å². The number of carbonyl (C=O) groups excluding carboxylic acids is 2. The highest BCUT2D eigenvalue weighted by molar-refractivity contribution is 8.15. The van der Waals surface area contributed by atoms with Crippen molar-refractivity contribution in [2.24, 2.45) is 0 Å². The molecule has 3 aromatic rings. The second-order valence-corrected chi connectivity index (χ2v) is 10.6. The summed E-state index contributed by atoms with van der Waals surface area (Å²) in [5.41, 5.74) is 2.07. The largest absolute Gasteiger partial charge is 0.478 e. The Morgan fingerprint density at radius 3 is 2.26 bits per heavy atom. The summed E-state index contributed by atoms with van der Waals surface area (Å²) in [7, 11) is -3.88. The summed E-state index contributed by atoms with van der Waals surface area (Å²) in [6, 6.07) is 21.2. The number of nitrogens with one attached hydrogen (secondary N) is 1. The first kappa shape index (κ1) is 23.5. The SMILES string of the molecule is O=C1NC(=O)C(c2ccc(CN(c3cccc(C(=O)O)c3)S(=O)(=O)Cc3ccccc3)cc2)S1. The van der Waals surface area contributed by atoms with E-state index < -0.39 is 26.5 Å². The number of hydrogen-bond acceptors (Lipinski definition) is 6. The van der Waals surface area contributed by atoms with Crippen molar-refractivity contribution in [2.75, 3.05) is 4.31 Å². The fourth-order valence-corrected chi connectivity index (χ4v) is 5.93. The molecule has 0 aliphatic carbocycles. The van der Waals surface area contributed by atoms with Crippen LogP contribution in [0.5, 0.6) is 0 Å². The Bertz CT molecular complexity index is 1340. The van der Waals surface area contributed by atoms with E-state index in [0.717, 1.165) is 11.8 Å². The minimum Gasteiger partial charge on any atom is -0.478 e. The normalized spacial score (nSPS) is 15.7. The summed E-state index contributed by atoms with van der Waals surface area (Å²) in [5, 5.41) is 10.6. The van der Waals surface area contributed by atoms with Crippen LogP contribution in [0.3, 0.4) is 0 Å². The Hall–Kier alpha value is -3.63. The number of hydrogen-bond donors (Lipinski definition) is 2. The molecule has 0 saturated carbocycles. The Labute approximate surface area is 200 Å². The predicted octanol–water partition coefficient (Wildman–Crippen LogP) is 3.95. The number of sulfonamides is 1. The van der Waals surface area contributed by atoms with Crippen molar-refractivity contribution >= 4 is 44.6 Å². The third-order valence-corrected chi connectivity index (χ3v) is 7.95. The molecule has 2 N–H and O–H groups in total. The first-order chi connectivity index (χ1) is 16.2. The maximum atomic E-state index is 13.4. The zero-order chi connectivity index (χ0) is 24.3. The molecule has 1 heterocycles. The molecule has 0 spiro atoms. The first-order valence-electron chi connectivity index (χ1n) is 10.2. The van der Waals surface area contributed by atoms with Gasteiger partial charge in [-0.05, 0) is 46.7 Å². The van der Waals surface area contributed by atoms with Crippen LogP contribution in [0.4, 0.5) is 10.5 Å². The number of amides is 2. The molecule has 1 fully saturated rings. The van der Waals surface area contributed by atoms with Crippen LogP contribution in [0.25, 0.3) is 0 Å². The molecule has 34 heavy (non-hydrogen) atoms. The number of benzene rings is 3. The van der Waals surface area contributed by atoms with Crippen LogP contribution in [0, 0.1) is 0 Å². The maximum Gasteiger partial charge on any atom is 0.335 e. The van der Waals surface area contributed by atoms with Gasteiger partial charge < -0.3 is 5.11 Å². The smallest absolute Gasteiger partial charge is 0.335 e. The number of carbonyl (C=O) groups is 3. The van der Waals surface area contributed by atoms with E-state index >= 15 is 0 Å². The van der Waals surface area contributed by atoms with E-state index in [4.69, 9.17) is 0 Å². The van der Waals surface area contributed by atoms with Crippen molar-refractivity contribution in [1.82, 2.24) is 5.32 Å².